The minimum atomic E-state index is -0.746. The molecule has 0 saturated heterocycles. The van der Waals surface area contributed by atoms with Crippen molar-refractivity contribution in [3.63, 3.8) is 0 Å². The predicted octanol–water partition coefficient (Wildman–Crippen LogP) is 5.47. The SMILES string of the molecule is CC#CC(=O)N(c1ccc2c(n1)c(O[C@H]1CC[C@H](C(=O)O)CC1)nn2C)c1cc(C)c(I)cc1C1CC1. The Hall–Kier alpha value is -3.13. The molecule has 2 saturated carbocycles. The van der Waals surface area contributed by atoms with Crippen LogP contribution >= 0.6 is 22.6 Å². The molecule has 0 spiro atoms. The smallest absolute Gasteiger partial charge is 0.308 e. The number of carboxylic acid groups (broad SMARTS) is 1. The summed E-state index contributed by atoms with van der Waals surface area (Å²) in [7, 11) is 1.83. The highest BCUT2D eigenvalue weighted by Crippen LogP contribution is 2.47. The van der Waals surface area contributed by atoms with Crippen LogP contribution in [-0.2, 0) is 16.6 Å². The number of halogens is 1. The first-order valence-corrected chi connectivity index (χ1v) is 13.6. The van der Waals surface area contributed by atoms with E-state index in [-0.39, 0.29) is 17.9 Å². The lowest BCUT2D eigenvalue weighted by molar-refractivity contribution is -0.143. The number of nitrogens with zero attached hydrogens (tertiary/aromatic N) is 4. The Kier molecular flexibility index (Phi) is 7.12. The van der Waals surface area contributed by atoms with Gasteiger partial charge in [-0.25, -0.2) is 4.98 Å². The molecule has 37 heavy (non-hydrogen) atoms. The highest BCUT2D eigenvalue weighted by Gasteiger charge is 2.32. The number of rotatable bonds is 6. The van der Waals surface area contributed by atoms with Crippen molar-refractivity contribution in [1.82, 2.24) is 14.8 Å². The molecule has 5 rings (SSSR count). The number of carbonyl (C=O) groups is 2. The van der Waals surface area contributed by atoms with Gasteiger partial charge in [0.25, 0.3) is 5.88 Å². The molecule has 0 radical (unpaired) electrons. The van der Waals surface area contributed by atoms with Crippen LogP contribution in [0, 0.1) is 28.3 Å². The molecule has 0 bridgehead atoms. The number of carboxylic acids is 1. The molecule has 1 N–H and O–H groups in total. The van der Waals surface area contributed by atoms with Gasteiger partial charge in [0, 0.05) is 10.6 Å². The maximum atomic E-state index is 13.4. The summed E-state index contributed by atoms with van der Waals surface area (Å²) >= 11 is 2.34. The number of aliphatic carboxylic acids is 1. The molecule has 3 aromatic rings. The third-order valence-corrected chi connectivity index (χ3v) is 8.35. The summed E-state index contributed by atoms with van der Waals surface area (Å²) in [4.78, 5) is 31.2. The molecule has 192 valence electrons. The monoisotopic (exact) mass is 612 g/mol. The molecule has 2 heterocycles. The zero-order valence-corrected chi connectivity index (χ0v) is 23.3. The Balaban J connectivity index is 1.55. The molecule has 2 aliphatic carbocycles. The Bertz CT molecular complexity index is 1440. The zero-order valence-electron chi connectivity index (χ0n) is 21.1. The van der Waals surface area contributed by atoms with Crippen molar-refractivity contribution in [2.24, 2.45) is 13.0 Å². The van der Waals surface area contributed by atoms with E-state index in [1.54, 1.807) is 16.5 Å². The Morgan fingerprint density at radius 1 is 1.16 bits per heavy atom. The summed E-state index contributed by atoms with van der Waals surface area (Å²) in [6.07, 6.45) is 4.55. The van der Waals surface area contributed by atoms with Crippen molar-refractivity contribution in [2.45, 2.75) is 64.4 Å². The number of fused-ring (bicyclic) bond motifs is 1. The fraction of sp³-hybridized carbons (Fsp3) is 0.429. The van der Waals surface area contributed by atoms with E-state index in [9.17, 15) is 14.7 Å². The van der Waals surface area contributed by atoms with Gasteiger partial charge >= 0.3 is 11.9 Å². The maximum absolute atomic E-state index is 13.4. The van der Waals surface area contributed by atoms with Gasteiger partial charge < -0.3 is 9.84 Å². The standard InChI is InChI=1S/C28H29IN4O4/c1-4-5-25(34)33(23-14-16(2)21(29)15-20(23)17-6-7-17)24-13-12-22-26(30-24)27(31-32(22)3)37-19-10-8-18(9-11-19)28(35)36/h12-15,17-19H,6-11H2,1-3H3,(H,35,36)/t18-,19-. The Labute approximate surface area is 229 Å². The van der Waals surface area contributed by atoms with Gasteiger partial charge in [-0.2, -0.15) is 0 Å². The van der Waals surface area contributed by atoms with Gasteiger partial charge in [0.15, 0.2) is 5.52 Å². The number of carbonyl (C=O) groups excluding carboxylic acids is 1. The molecule has 0 atom stereocenters. The van der Waals surface area contributed by atoms with E-state index in [1.807, 2.05) is 26.1 Å². The van der Waals surface area contributed by atoms with Gasteiger partial charge in [-0.05, 0) is 122 Å². The Morgan fingerprint density at radius 3 is 2.54 bits per heavy atom. The average Bonchev–Trinajstić information content (AvgIpc) is 3.67. The summed E-state index contributed by atoms with van der Waals surface area (Å²) in [6.45, 7) is 3.69. The average molecular weight is 612 g/mol. The van der Waals surface area contributed by atoms with Gasteiger partial charge in [0.1, 0.15) is 11.9 Å². The van der Waals surface area contributed by atoms with E-state index in [0.29, 0.717) is 48.8 Å². The maximum Gasteiger partial charge on any atom is 0.308 e. The van der Waals surface area contributed by atoms with Crippen molar-refractivity contribution in [1.29, 1.82) is 0 Å². The first-order valence-electron chi connectivity index (χ1n) is 12.6. The number of ether oxygens (including phenoxy) is 1. The third kappa shape index (κ3) is 5.17. The topological polar surface area (TPSA) is 97.6 Å². The highest BCUT2D eigenvalue weighted by molar-refractivity contribution is 14.1. The molecule has 0 unspecified atom stereocenters. The molecule has 1 aromatic carbocycles. The summed E-state index contributed by atoms with van der Waals surface area (Å²) in [5, 5.41) is 13.9. The van der Waals surface area contributed by atoms with Crippen LogP contribution in [0.25, 0.3) is 11.0 Å². The van der Waals surface area contributed by atoms with Crippen LogP contribution in [0.5, 0.6) is 5.88 Å². The first-order chi connectivity index (χ1) is 17.8. The van der Waals surface area contributed by atoms with Crippen LogP contribution < -0.4 is 9.64 Å². The highest BCUT2D eigenvalue weighted by atomic mass is 127. The lowest BCUT2D eigenvalue weighted by atomic mass is 9.87. The second kappa shape index (κ2) is 10.3. The van der Waals surface area contributed by atoms with E-state index in [0.717, 1.165) is 35.2 Å². The van der Waals surface area contributed by atoms with Crippen molar-refractivity contribution in [3.8, 4) is 17.7 Å². The molecular formula is C28H29IN4O4. The lowest BCUT2D eigenvalue weighted by Gasteiger charge is -2.26. The second-order valence-corrected chi connectivity index (χ2v) is 11.0. The van der Waals surface area contributed by atoms with E-state index < -0.39 is 5.97 Å². The molecule has 2 aliphatic rings. The van der Waals surface area contributed by atoms with Gasteiger partial charge in [-0.15, -0.1) is 5.10 Å². The fourth-order valence-corrected chi connectivity index (χ4v) is 5.47. The van der Waals surface area contributed by atoms with Gasteiger partial charge in [0.2, 0.25) is 0 Å². The van der Waals surface area contributed by atoms with E-state index >= 15 is 0 Å². The quantitative estimate of drug-likeness (QED) is 0.293. The number of aromatic nitrogens is 3. The van der Waals surface area contributed by atoms with Crippen LogP contribution in [0.15, 0.2) is 24.3 Å². The number of pyridine rings is 1. The number of benzene rings is 1. The largest absolute Gasteiger partial charge is 0.481 e. The third-order valence-electron chi connectivity index (χ3n) is 7.18. The van der Waals surface area contributed by atoms with Crippen molar-refractivity contribution >= 4 is 57.0 Å². The van der Waals surface area contributed by atoms with Gasteiger partial charge in [-0.1, -0.05) is 5.92 Å². The zero-order chi connectivity index (χ0) is 26.3. The van der Waals surface area contributed by atoms with Gasteiger partial charge in [-0.3, -0.25) is 19.2 Å². The van der Waals surface area contributed by atoms with Crippen molar-refractivity contribution in [3.05, 3.63) is 39.0 Å². The molecule has 2 aromatic heterocycles. The number of aryl methyl sites for hydroxylation is 2. The Morgan fingerprint density at radius 2 is 1.89 bits per heavy atom. The predicted molar refractivity (Wildman–Crippen MR) is 149 cm³/mol. The minimum absolute atomic E-state index is 0.122. The molecule has 8 nitrogen and oxygen atoms in total. The number of amides is 1. The van der Waals surface area contributed by atoms with Crippen molar-refractivity contribution in [2.75, 3.05) is 4.90 Å². The summed E-state index contributed by atoms with van der Waals surface area (Å²) in [5.74, 6) is 5.34. The van der Waals surface area contributed by atoms with Crippen LogP contribution in [-0.4, -0.2) is 37.9 Å². The molecule has 1 amide bonds. The minimum Gasteiger partial charge on any atom is -0.481 e. The summed E-state index contributed by atoms with van der Waals surface area (Å²) < 4.78 is 9.14. The second-order valence-electron chi connectivity index (χ2n) is 9.85. The molecule has 0 aliphatic heterocycles. The molecular weight excluding hydrogens is 583 g/mol. The molecule has 9 heteroatoms. The normalized spacial score (nSPS) is 19.2. The lowest BCUT2D eigenvalue weighted by Crippen LogP contribution is -2.28. The van der Waals surface area contributed by atoms with Gasteiger partial charge in [0.05, 0.1) is 17.1 Å². The van der Waals surface area contributed by atoms with E-state index in [1.165, 1.54) is 3.57 Å². The number of hydrogen-bond donors (Lipinski definition) is 1. The fourth-order valence-electron chi connectivity index (χ4n) is 4.98. The van der Waals surface area contributed by atoms with Crippen LogP contribution in [0.3, 0.4) is 0 Å². The van der Waals surface area contributed by atoms with Crippen LogP contribution in [0.4, 0.5) is 11.5 Å². The number of anilines is 2. The molecule has 2 fully saturated rings. The van der Waals surface area contributed by atoms with Crippen LogP contribution in [0.2, 0.25) is 0 Å². The van der Waals surface area contributed by atoms with Crippen molar-refractivity contribution < 1.29 is 19.4 Å². The summed E-state index contributed by atoms with van der Waals surface area (Å²) in [6, 6.07) is 7.95. The van der Waals surface area contributed by atoms with E-state index in [4.69, 9.17) is 9.72 Å². The first kappa shape index (κ1) is 25.5. The summed E-state index contributed by atoms with van der Waals surface area (Å²) in [5.41, 5.74) is 4.40. The van der Waals surface area contributed by atoms with Crippen LogP contribution in [0.1, 0.15) is 62.5 Å². The number of hydrogen-bond acceptors (Lipinski definition) is 5. The van der Waals surface area contributed by atoms with E-state index in [2.05, 4.69) is 51.7 Å².